The van der Waals surface area contributed by atoms with Gasteiger partial charge in [0.05, 0.1) is 15.9 Å². The summed E-state index contributed by atoms with van der Waals surface area (Å²) in [5, 5.41) is 8.11. The lowest BCUT2D eigenvalue weighted by atomic mass is 10.1. The summed E-state index contributed by atoms with van der Waals surface area (Å²) in [7, 11) is 0. The van der Waals surface area contributed by atoms with Crippen LogP contribution in [0.1, 0.15) is 22.4 Å². The van der Waals surface area contributed by atoms with E-state index < -0.39 is 0 Å². The predicted octanol–water partition coefficient (Wildman–Crippen LogP) is 4.73. The summed E-state index contributed by atoms with van der Waals surface area (Å²) in [5.74, 6) is 0.995. The standard InChI is InChI=1S/C22H22N4O2S/c1-13-6-5-7-17(8-13)28-12-21(27)24-20-11-16(4)25-26(20)22-23-18-9-14(2)15(3)10-19(18)29-22/h5-11H,12H2,1-4H3,(H,24,27). The van der Waals surface area contributed by atoms with Crippen molar-refractivity contribution in [3.63, 3.8) is 0 Å². The van der Waals surface area contributed by atoms with Crippen LogP contribution in [0.25, 0.3) is 15.3 Å². The first-order chi connectivity index (χ1) is 13.9. The van der Waals surface area contributed by atoms with E-state index in [-0.39, 0.29) is 12.5 Å². The first kappa shape index (κ1) is 19.1. The number of thiazole rings is 1. The lowest BCUT2D eigenvalue weighted by Crippen LogP contribution is -2.21. The number of nitrogens with one attached hydrogen (secondary N) is 1. The van der Waals surface area contributed by atoms with Crippen LogP contribution in [0.2, 0.25) is 0 Å². The molecule has 4 rings (SSSR count). The van der Waals surface area contributed by atoms with Crippen LogP contribution < -0.4 is 10.1 Å². The number of carbonyl (C=O) groups excluding carboxylic acids is 1. The summed E-state index contributed by atoms with van der Waals surface area (Å²) in [6, 6.07) is 13.7. The molecule has 2 heterocycles. The van der Waals surface area contributed by atoms with Gasteiger partial charge in [0.2, 0.25) is 5.13 Å². The summed E-state index contributed by atoms with van der Waals surface area (Å²) in [5.41, 5.74) is 5.24. The Hall–Kier alpha value is -3.19. The molecule has 0 fully saturated rings. The molecule has 0 bridgehead atoms. The average Bonchev–Trinajstić information content (AvgIpc) is 3.23. The van der Waals surface area contributed by atoms with Gasteiger partial charge < -0.3 is 10.1 Å². The highest BCUT2D eigenvalue weighted by Crippen LogP contribution is 2.29. The Morgan fingerprint density at radius 2 is 1.90 bits per heavy atom. The SMILES string of the molecule is Cc1cccc(OCC(=O)Nc2cc(C)nn2-c2nc3cc(C)c(C)cc3s2)c1. The normalized spacial score (nSPS) is 11.0. The van der Waals surface area contributed by atoms with Crippen molar-refractivity contribution in [3.8, 4) is 10.9 Å². The van der Waals surface area contributed by atoms with Crippen molar-refractivity contribution in [1.82, 2.24) is 14.8 Å². The van der Waals surface area contributed by atoms with Gasteiger partial charge in [0.25, 0.3) is 5.91 Å². The van der Waals surface area contributed by atoms with Crippen molar-refractivity contribution in [1.29, 1.82) is 0 Å². The number of nitrogens with zero attached hydrogens (tertiary/aromatic N) is 3. The van der Waals surface area contributed by atoms with Gasteiger partial charge in [-0.25, -0.2) is 4.98 Å². The van der Waals surface area contributed by atoms with E-state index >= 15 is 0 Å². The van der Waals surface area contributed by atoms with Crippen LogP contribution in [0.15, 0.2) is 42.5 Å². The molecule has 0 saturated heterocycles. The summed E-state index contributed by atoms with van der Waals surface area (Å²) >= 11 is 1.55. The van der Waals surface area contributed by atoms with E-state index in [0.29, 0.717) is 16.7 Å². The van der Waals surface area contributed by atoms with Gasteiger partial charge >= 0.3 is 0 Å². The molecule has 0 spiro atoms. The van der Waals surface area contributed by atoms with Gasteiger partial charge in [0.1, 0.15) is 11.6 Å². The number of rotatable bonds is 5. The number of aromatic nitrogens is 3. The van der Waals surface area contributed by atoms with Gasteiger partial charge in [-0.15, -0.1) is 0 Å². The third kappa shape index (κ3) is 4.14. The minimum Gasteiger partial charge on any atom is -0.484 e. The average molecular weight is 407 g/mol. The third-order valence-electron chi connectivity index (χ3n) is 4.63. The van der Waals surface area contributed by atoms with Crippen LogP contribution in [-0.2, 0) is 4.79 Å². The maximum Gasteiger partial charge on any atom is 0.263 e. The Labute approximate surface area is 173 Å². The van der Waals surface area contributed by atoms with Gasteiger partial charge in [0, 0.05) is 6.07 Å². The second-order valence-electron chi connectivity index (χ2n) is 7.14. The van der Waals surface area contributed by atoms with Crippen LogP contribution in [0.5, 0.6) is 5.75 Å². The number of amides is 1. The molecule has 148 valence electrons. The summed E-state index contributed by atoms with van der Waals surface area (Å²) in [6.07, 6.45) is 0. The topological polar surface area (TPSA) is 69.0 Å². The molecule has 0 saturated carbocycles. The summed E-state index contributed by atoms with van der Waals surface area (Å²) in [4.78, 5) is 17.1. The molecule has 6 nitrogen and oxygen atoms in total. The largest absolute Gasteiger partial charge is 0.484 e. The van der Waals surface area contributed by atoms with E-state index in [1.165, 1.54) is 11.1 Å². The second kappa shape index (κ2) is 7.67. The van der Waals surface area contributed by atoms with Crippen molar-refractivity contribution in [2.45, 2.75) is 27.7 Å². The lowest BCUT2D eigenvalue weighted by Gasteiger charge is -2.08. The molecule has 29 heavy (non-hydrogen) atoms. The Bertz CT molecular complexity index is 1170. The lowest BCUT2D eigenvalue weighted by molar-refractivity contribution is -0.118. The summed E-state index contributed by atoms with van der Waals surface area (Å²) < 4.78 is 8.36. The molecule has 4 aromatic rings. The zero-order valence-corrected chi connectivity index (χ0v) is 17.6. The Balaban J connectivity index is 1.54. The highest BCUT2D eigenvalue weighted by atomic mass is 32.1. The molecule has 0 unspecified atom stereocenters. The number of carbonyl (C=O) groups is 1. The molecular weight excluding hydrogens is 384 g/mol. The quantitative estimate of drug-likeness (QED) is 0.520. The van der Waals surface area contributed by atoms with Crippen LogP contribution in [0.3, 0.4) is 0 Å². The Kier molecular flexibility index (Phi) is 5.07. The van der Waals surface area contributed by atoms with Crippen molar-refractivity contribution in [3.05, 3.63) is 64.8 Å². The van der Waals surface area contributed by atoms with Crippen molar-refractivity contribution in [2.75, 3.05) is 11.9 Å². The van der Waals surface area contributed by atoms with Gasteiger partial charge in [-0.2, -0.15) is 9.78 Å². The Morgan fingerprint density at radius 1 is 1.10 bits per heavy atom. The number of hydrogen-bond donors (Lipinski definition) is 1. The fourth-order valence-corrected chi connectivity index (χ4v) is 4.04. The summed E-state index contributed by atoms with van der Waals surface area (Å²) in [6.45, 7) is 7.95. The first-order valence-corrected chi connectivity index (χ1v) is 10.1. The maximum atomic E-state index is 12.4. The van der Waals surface area contributed by atoms with Crippen molar-refractivity contribution in [2.24, 2.45) is 0 Å². The van der Waals surface area contributed by atoms with Crippen LogP contribution in [0, 0.1) is 27.7 Å². The predicted molar refractivity (Wildman–Crippen MR) is 116 cm³/mol. The molecular formula is C22H22N4O2S. The van der Waals surface area contributed by atoms with Crippen LogP contribution in [-0.4, -0.2) is 27.3 Å². The number of hydrogen-bond acceptors (Lipinski definition) is 5. The minimum absolute atomic E-state index is 0.0775. The van der Waals surface area contributed by atoms with E-state index in [9.17, 15) is 4.79 Å². The third-order valence-corrected chi connectivity index (χ3v) is 5.63. The first-order valence-electron chi connectivity index (χ1n) is 9.33. The molecule has 1 N–H and O–H groups in total. The molecule has 0 radical (unpaired) electrons. The van der Waals surface area contributed by atoms with E-state index in [4.69, 9.17) is 9.72 Å². The molecule has 0 aliphatic heterocycles. The van der Waals surface area contributed by atoms with Crippen molar-refractivity contribution >= 4 is 33.3 Å². The van der Waals surface area contributed by atoms with E-state index in [1.54, 1.807) is 16.0 Å². The smallest absolute Gasteiger partial charge is 0.263 e. The highest BCUT2D eigenvalue weighted by Gasteiger charge is 2.15. The zero-order valence-electron chi connectivity index (χ0n) is 16.8. The molecule has 1 amide bonds. The Morgan fingerprint density at radius 3 is 2.69 bits per heavy atom. The molecule has 0 aliphatic rings. The fraction of sp³-hybridized carbons (Fsp3) is 0.227. The number of aryl methyl sites for hydroxylation is 4. The molecule has 2 aromatic heterocycles. The van der Waals surface area contributed by atoms with Gasteiger partial charge in [-0.3, -0.25) is 4.79 Å². The maximum absolute atomic E-state index is 12.4. The van der Waals surface area contributed by atoms with Gasteiger partial charge in [0.15, 0.2) is 6.61 Å². The number of ether oxygens (including phenoxy) is 1. The van der Waals surface area contributed by atoms with Gasteiger partial charge in [-0.1, -0.05) is 23.5 Å². The molecule has 0 atom stereocenters. The second-order valence-corrected chi connectivity index (χ2v) is 8.15. The van der Waals surface area contributed by atoms with E-state index in [1.807, 2.05) is 44.2 Å². The van der Waals surface area contributed by atoms with Crippen LogP contribution >= 0.6 is 11.3 Å². The van der Waals surface area contributed by atoms with Gasteiger partial charge in [-0.05, 0) is 68.7 Å². The minimum atomic E-state index is -0.250. The van der Waals surface area contributed by atoms with E-state index in [2.05, 4.69) is 36.4 Å². The molecule has 0 aliphatic carbocycles. The monoisotopic (exact) mass is 406 g/mol. The number of benzene rings is 2. The fourth-order valence-electron chi connectivity index (χ4n) is 3.03. The van der Waals surface area contributed by atoms with E-state index in [0.717, 1.165) is 21.5 Å². The van der Waals surface area contributed by atoms with Crippen LogP contribution in [0.4, 0.5) is 5.82 Å². The zero-order chi connectivity index (χ0) is 20.5. The molecule has 2 aromatic carbocycles. The molecule has 7 heteroatoms. The van der Waals surface area contributed by atoms with Crippen molar-refractivity contribution < 1.29 is 9.53 Å². The number of anilines is 1. The highest BCUT2D eigenvalue weighted by molar-refractivity contribution is 7.20. The number of fused-ring (bicyclic) bond motifs is 1.